The van der Waals surface area contributed by atoms with Crippen LogP contribution >= 0.6 is 0 Å². The summed E-state index contributed by atoms with van der Waals surface area (Å²) in [6.07, 6.45) is 3.86. The third-order valence-corrected chi connectivity index (χ3v) is 3.01. The summed E-state index contributed by atoms with van der Waals surface area (Å²) in [7, 11) is 0. The molecule has 88 valence electrons. The number of ether oxygens (including phenoxy) is 1. The maximum Gasteiger partial charge on any atom is 0.224 e. The number of hydrogen-bond acceptors (Lipinski definition) is 5. The standard InChI is InChI=1S/C11H18N4O/c1-8(9-3-6-16-7-4-9)14-11-13-5-2-10(12)15-11/h2,5,8-9H,3-4,6-7H2,1H3,(H3,12,13,14,15). The molecule has 1 aromatic rings. The van der Waals surface area contributed by atoms with E-state index >= 15 is 0 Å². The van der Waals surface area contributed by atoms with E-state index in [9.17, 15) is 0 Å². The van der Waals surface area contributed by atoms with E-state index in [2.05, 4.69) is 22.2 Å². The first-order valence-electron chi connectivity index (χ1n) is 5.68. The molecular weight excluding hydrogens is 204 g/mol. The molecule has 0 aliphatic carbocycles. The number of nitrogens with one attached hydrogen (secondary N) is 1. The van der Waals surface area contributed by atoms with Crippen LogP contribution in [0.15, 0.2) is 12.3 Å². The normalized spacial score (nSPS) is 19.3. The minimum Gasteiger partial charge on any atom is -0.384 e. The summed E-state index contributed by atoms with van der Waals surface area (Å²) in [5.74, 6) is 1.73. The predicted octanol–water partition coefficient (Wildman–Crippen LogP) is 1.29. The number of nitrogens with two attached hydrogens (primary N) is 1. The largest absolute Gasteiger partial charge is 0.384 e. The van der Waals surface area contributed by atoms with Gasteiger partial charge < -0.3 is 15.8 Å². The minimum atomic E-state index is 0.353. The van der Waals surface area contributed by atoms with Crippen LogP contribution < -0.4 is 11.1 Å². The molecule has 1 aliphatic heterocycles. The van der Waals surface area contributed by atoms with Crippen molar-refractivity contribution in [1.82, 2.24) is 9.97 Å². The van der Waals surface area contributed by atoms with E-state index in [1.807, 2.05) is 0 Å². The highest BCUT2D eigenvalue weighted by Gasteiger charge is 2.20. The number of anilines is 2. The zero-order valence-electron chi connectivity index (χ0n) is 9.52. The number of rotatable bonds is 3. The Hall–Kier alpha value is -1.36. The average molecular weight is 222 g/mol. The highest BCUT2D eigenvalue weighted by Crippen LogP contribution is 2.20. The van der Waals surface area contributed by atoms with Gasteiger partial charge >= 0.3 is 0 Å². The Labute approximate surface area is 95.4 Å². The second-order valence-electron chi connectivity index (χ2n) is 4.19. The van der Waals surface area contributed by atoms with Crippen molar-refractivity contribution in [2.24, 2.45) is 5.92 Å². The molecule has 3 N–H and O–H groups in total. The third-order valence-electron chi connectivity index (χ3n) is 3.01. The van der Waals surface area contributed by atoms with Gasteiger partial charge in [0.2, 0.25) is 5.95 Å². The van der Waals surface area contributed by atoms with Gasteiger partial charge in [-0.25, -0.2) is 4.98 Å². The first-order chi connectivity index (χ1) is 7.75. The van der Waals surface area contributed by atoms with Gasteiger partial charge in [0, 0.05) is 25.5 Å². The maximum absolute atomic E-state index is 5.60. The second-order valence-corrected chi connectivity index (χ2v) is 4.19. The van der Waals surface area contributed by atoms with E-state index in [-0.39, 0.29) is 0 Å². The zero-order valence-corrected chi connectivity index (χ0v) is 9.52. The number of hydrogen-bond donors (Lipinski definition) is 2. The number of aromatic nitrogens is 2. The van der Waals surface area contributed by atoms with Crippen molar-refractivity contribution in [1.29, 1.82) is 0 Å². The molecule has 16 heavy (non-hydrogen) atoms. The SMILES string of the molecule is CC(Nc1nccc(N)n1)C1CCOCC1. The van der Waals surface area contributed by atoms with Crippen LogP contribution in [-0.4, -0.2) is 29.2 Å². The van der Waals surface area contributed by atoms with Crippen molar-refractivity contribution in [2.45, 2.75) is 25.8 Å². The second kappa shape index (κ2) is 5.12. The van der Waals surface area contributed by atoms with Crippen molar-refractivity contribution >= 4 is 11.8 Å². The molecule has 1 aliphatic rings. The van der Waals surface area contributed by atoms with Gasteiger partial charge in [-0.05, 0) is 31.7 Å². The maximum atomic E-state index is 5.60. The van der Waals surface area contributed by atoms with Crippen LogP contribution in [0.25, 0.3) is 0 Å². The van der Waals surface area contributed by atoms with Crippen LogP contribution in [0.2, 0.25) is 0 Å². The molecule has 5 heteroatoms. The summed E-state index contributed by atoms with van der Waals surface area (Å²) in [6.45, 7) is 3.87. The van der Waals surface area contributed by atoms with Crippen molar-refractivity contribution in [3.8, 4) is 0 Å². The topological polar surface area (TPSA) is 73.1 Å². The molecule has 1 unspecified atom stereocenters. The predicted molar refractivity (Wildman–Crippen MR) is 63.1 cm³/mol. The summed E-state index contributed by atoms with van der Waals surface area (Å²) >= 11 is 0. The highest BCUT2D eigenvalue weighted by atomic mass is 16.5. The molecule has 1 atom stereocenters. The molecule has 0 radical (unpaired) electrons. The van der Waals surface area contributed by atoms with E-state index < -0.39 is 0 Å². The summed E-state index contributed by atoms with van der Waals surface area (Å²) in [4.78, 5) is 8.27. The zero-order chi connectivity index (χ0) is 11.4. The van der Waals surface area contributed by atoms with Gasteiger partial charge in [-0.15, -0.1) is 0 Å². The van der Waals surface area contributed by atoms with E-state index in [0.717, 1.165) is 26.1 Å². The lowest BCUT2D eigenvalue weighted by atomic mass is 9.93. The van der Waals surface area contributed by atoms with Crippen LogP contribution in [0.4, 0.5) is 11.8 Å². The monoisotopic (exact) mass is 222 g/mol. The molecule has 0 saturated carbocycles. The Balaban J connectivity index is 1.93. The van der Waals surface area contributed by atoms with E-state index in [1.165, 1.54) is 0 Å². The van der Waals surface area contributed by atoms with Crippen molar-refractivity contribution in [3.05, 3.63) is 12.3 Å². The minimum absolute atomic E-state index is 0.353. The molecular formula is C11H18N4O. The first kappa shape index (κ1) is 11.1. The average Bonchev–Trinajstić information content (AvgIpc) is 2.30. The lowest BCUT2D eigenvalue weighted by molar-refractivity contribution is 0.0621. The summed E-state index contributed by atoms with van der Waals surface area (Å²) in [5, 5.41) is 3.29. The van der Waals surface area contributed by atoms with Crippen molar-refractivity contribution in [2.75, 3.05) is 24.3 Å². The molecule has 1 saturated heterocycles. The van der Waals surface area contributed by atoms with Crippen LogP contribution in [-0.2, 0) is 4.74 Å². The van der Waals surface area contributed by atoms with E-state index in [4.69, 9.17) is 10.5 Å². The van der Waals surface area contributed by atoms with Crippen LogP contribution in [0.3, 0.4) is 0 Å². The molecule has 0 aromatic carbocycles. The third kappa shape index (κ3) is 2.82. The fourth-order valence-electron chi connectivity index (χ4n) is 1.98. The lowest BCUT2D eigenvalue weighted by Gasteiger charge is -2.28. The molecule has 0 amide bonds. The van der Waals surface area contributed by atoms with Gasteiger partial charge in [-0.1, -0.05) is 0 Å². The first-order valence-corrected chi connectivity index (χ1v) is 5.68. The van der Waals surface area contributed by atoms with E-state index in [1.54, 1.807) is 12.3 Å². The van der Waals surface area contributed by atoms with Crippen molar-refractivity contribution < 1.29 is 4.74 Å². The highest BCUT2D eigenvalue weighted by molar-refractivity contribution is 5.35. The lowest BCUT2D eigenvalue weighted by Crippen LogP contribution is -2.31. The molecule has 0 spiro atoms. The Kier molecular flexibility index (Phi) is 3.56. The quantitative estimate of drug-likeness (QED) is 0.806. The molecule has 1 aromatic heterocycles. The Bertz CT molecular complexity index is 339. The molecule has 0 bridgehead atoms. The summed E-state index contributed by atoms with van der Waals surface area (Å²) in [5.41, 5.74) is 5.60. The Morgan fingerprint density at radius 3 is 2.94 bits per heavy atom. The number of nitrogen functional groups attached to an aromatic ring is 1. The number of nitrogens with zero attached hydrogens (tertiary/aromatic N) is 2. The van der Waals surface area contributed by atoms with Gasteiger partial charge in [0.1, 0.15) is 5.82 Å². The van der Waals surface area contributed by atoms with Crippen molar-refractivity contribution in [3.63, 3.8) is 0 Å². The molecule has 2 heterocycles. The summed E-state index contributed by atoms with van der Waals surface area (Å²) < 4.78 is 5.34. The fourth-order valence-corrected chi connectivity index (χ4v) is 1.98. The fraction of sp³-hybridized carbons (Fsp3) is 0.636. The smallest absolute Gasteiger partial charge is 0.224 e. The van der Waals surface area contributed by atoms with Gasteiger partial charge in [-0.2, -0.15) is 4.98 Å². The van der Waals surface area contributed by atoms with Gasteiger partial charge in [0.25, 0.3) is 0 Å². The summed E-state index contributed by atoms with van der Waals surface area (Å²) in [6, 6.07) is 2.04. The Morgan fingerprint density at radius 1 is 1.50 bits per heavy atom. The van der Waals surface area contributed by atoms with Crippen LogP contribution in [0.1, 0.15) is 19.8 Å². The molecule has 2 rings (SSSR count). The van der Waals surface area contributed by atoms with Gasteiger partial charge in [-0.3, -0.25) is 0 Å². The van der Waals surface area contributed by atoms with Gasteiger partial charge in [0.15, 0.2) is 0 Å². The molecule has 1 fully saturated rings. The molecule has 5 nitrogen and oxygen atoms in total. The van der Waals surface area contributed by atoms with Gasteiger partial charge in [0.05, 0.1) is 0 Å². The van der Waals surface area contributed by atoms with Crippen LogP contribution in [0, 0.1) is 5.92 Å². The van der Waals surface area contributed by atoms with E-state index in [0.29, 0.717) is 23.7 Å². The van der Waals surface area contributed by atoms with Crippen LogP contribution in [0.5, 0.6) is 0 Å². The Morgan fingerprint density at radius 2 is 2.25 bits per heavy atom.